The molecule has 1 aromatic heterocycles. The summed E-state index contributed by atoms with van der Waals surface area (Å²) in [7, 11) is 0. The summed E-state index contributed by atoms with van der Waals surface area (Å²) < 4.78 is 15.5. The molecule has 1 aromatic carbocycles. The van der Waals surface area contributed by atoms with Crippen LogP contribution in [0.1, 0.15) is 55.1 Å². The van der Waals surface area contributed by atoms with Gasteiger partial charge in [-0.15, -0.1) is 0 Å². The molecule has 25 heavy (non-hydrogen) atoms. The molecule has 0 aliphatic carbocycles. The molecular formula is C20H26FN3O. The molecule has 1 aliphatic heterocycles. The lowest BCUT2D eigenvalue weighted by Crippen LogP contribution is -2.32. The third-order valence-electron chi connectivity index (χ3n) is 5.15. The Hall–Kier alpha value is -2.17. The summed E-state index contributed by atoms with van der Waals surface area (Å²) in [4.78, 5) is 14.9. The highest BCUT2D eigenvalue weighted by Crippen LogP contribution is 2.24. The van der Waals surface area contributed by atoms with Gasteiger partial charge in [-0.25, -0.2) is 9.07 Å². The molecule has 134 valence electrons. The van der Waals surface area contributed by atoms with Crippen molar-refractivity contribution < 1.29 is 9.18 Å². The topological polar surface area (TPSA) is 38.1 Å². The summed E-state index contributed by atoms with van der Waals surface area (Å²) in [5.74, 6) is 0.396. The quantitative estimate of drug-likeness (QED) is 0.827. The third-order valence-corrected chi connectivity index (χ3v) is 5.15. The maximum Gasteiger partial charge on any atom is 0.257 e. The molecule has 2 heterocycles. The largest absolute Gasteiger partial charge is 0.339 e. The van der Waals surface area contributed by atoms with Gasteiger partial charge in [-0.05, 0) is 44.2 Å². The summed E-state index contributed by atoms with van der Waals surface area (Å²) in [6.45, 7) is 5.63. The van der Waals surface area contributed by atoms with Crippen molar-refractivity contribution in [1.29, 1.82) is 0 Å². The molecule has 0 N–H and O–H groups in total. The Morgan fingerprint density at radius 1 is 1.28 bits per heavy atom. The molecule has 0 spiro atoms. The second-order valence-corrected chi connectivity index (χ2v) is 6.88. The lowest BCUT2D eigenvalue weighted by Gasteiger charge is -2.20. The fourth-order valence-corrected chi connectivity index (χ4v) is 3.72. The third kappa shape index (κ3) is 3.75. The van der Waals surface area contributed by atoms with Gasteiger partial charge in [0.25, 0.3) is 5.91 Å². The normalized spacial score (nSPS) is 18.2. The van der Waals surface area contributed by atoms with E-state index in [1.54, 1.807) is 24.4 Å². The molecule has 1 unspecified atom stereocenters. The van der Waals surface area contributed by atoms with Crippen LogP contribution in [0, 0.1) is 18.7 Å². The molecule has 4 nitrogen and oxygen atoms in total. The fourth-order valence-electron chi connectivity index (χ4n) is 3.72. The van der Waals surface area contributed by atoms with Crippen LogP contribution in [0.5, 0.6) is 0 Å². The monoisotopic (exact) mass is 343 g/mol. The number of hydrogen-bond acceptors (Lipinski definition) is 2. The number of benzene rings is 1. The molecule has 1 amide bonds. The Morgan fingerprint density at radius 3 is 2.84 bits per heavy atom. The number of carbonyl (C=O) groups excluding carboxylic acids is 1. The van der Waals surface area contributed by atoms with Crippen LogP contribution in [-0.4, -0.2) is 33.7 Å². The van der Waals surface area contributed by atoms with E-state index in [-0.39, 0.29) is 11.7 Å². The van der Waals surface area contributed by atoms with Crippen molar-refractivity contribution >= 4 is 5.91 Å². The summed E-state index contributed by atoms with van der Waals surface area (Å²) >= 11 is 0. The number of rotatable bonds is 4. The van der Waals surface area contributed by atoms with E-state index in [1.165, 1.54) is 30.0 Å². The van der Waals surface area contributed by atoms with E-state index in [9.17, 15) is 9.18 Å². The number of amides is 1. The Labute approximate surface area is 148 Å². The van der Waals surface area contributed by atoms with Crippen LogP contribution in [0.25, 0.3) is 5.69 Å². The van der Waals surface area contributed by atoms with Gasteiger partial charge in [0.05, 0.1) is 17.5 Å². The molecular weight excluding hydrogens is 317 g/mol. The highest BCUT2D eigenvalue weighted by atomic mass is 19.1. The number of aromatic nitrogens is 2. The first kappa shape index (κ1) is 17.6. The maximum atomic E-state index is 14.0. The van der Waals surface area contributed by atoms with Crippen LogP contribution in [-0.2, 0) is 0 Å². The summed E-state index contributed by atoms with van der Waals surface area (Å²) in [6.07, 6.45) is 7.33. The molecule has 0 saturated carbocycles. The average molecular weight is 343 g/mol. The SMILES string of the molecule is CCCC1CCCN(C(=O)c2cnn(-c3ccccc3F)c2C)CC1. The highest BCUT2D eigenvalue weighted by Gasteiger charge is 2.24. The number of hydrogen-bond donors (Lipinski definition) is 0. The lowest BCUT2D eigenvalue weighted by molar-refractivity contribution is 0.0759. The predicted molar refractivity (Wildman–Crippen MR) is 96.4 cm³/mol. The van der Waals surface area contributed by atoms with E-state index >= 15 is 0 Å². The lowest BCUT2D eigenvalue weighted by atomic mass is 9.96. The van der Waals surface area contributed by atoms with Gasteiger partial charge in [-0.1, -0.05) is 31.9 Å². The summed E-state index contributed by atoms with van der Waals surface area (Å²) in [5, 5.41) is 4.26. The second kappa shape index (κ2) is 7.81. The average Bonchev–Trinajstić information content (AvgIpc) is 2.83. The van der Waals surface area contributed by atoms with Gasteiger partial charge >= 0.3 is 0 Å². The van der Waals surface area contributed by atoms with Crippen LogP contribution in [0.4, 0.5) is 4.39 Å². The van der Waals surface area contributed by atoms with Gasteiger partial charge in [0, 0.05) is 13.1 Å². The molecule has 0 radical (unpaired) electrons. The Morgan fingerprint density at radius 2 is 2.08 bits per heavy atom. The Kier molecular flexibility index (Phi) is 5.51. The zero-order chi connectivity index (χ0) is 17.8. The van der Waals surface area contributed by atoms with E-state index in [2.05, 4.69) is 12.0 Å². The minimum atomic E-state index is -0.343. The predicted octanol–water partition coefficient (Wildman–Crippen LogP) is 4.36. The minimum absolute atomic E-state index is 0.0113. The van der Waals surface area contributed by atoms with Gasteiger partial charge < -0.3 is 4.90 Å². The van der Waals surface area contributed by atoms with Crippen molar-refractivity contribution in [3.05, 3.63) is 47.5 Å². The minimum Gasteiger partial charge on any atom is -0.339 e. The summed E-state index contributed by atoms with van der Waals surface area (Å²) in [6, 6.07) is 6.49. The molecule has 1 fully saturated rings. The molecule has 5 heteroatoms. The standard InChI is InChI=1S/C20H26FN3O/c1-3-7-16-8-6-12-23(13-11-16)20(25)17-14-22-24(15(17)2)19-10-5-4-9-18(19)21/h4-5,9-10,14,16H,3,6-8,11-13H2,1-2H3. The Bertz CT molecular complexity index is 740. The van der Waals surface area contributed by atoms with Crippen molar-refractivity contribution in [2.45, 2.75) is 46.0 Å². The van der Waals surface area contributed by atoms with Crippen molar-refractivity contribution in [2.75, 3.05) is 13.1 Å². The first-order chi connectivity index (χ1) is 12.1. The van der Waals surface area contributed by atoms with Crippen LogP contribution in [0.3, 0.4) is 0 Å². The van der Waals surface area contributed by atoms with Gasteiger partial charge in [0.15, 0.2) is 0 Å². The molecule has 3 rings (SSSR count). The zero-order valence-electron chi connectivity index (χ0n) is 15.0. The van der Waals surface area contributed by atoms with Gasteiger partial charge in [-0.3, -0.25) is 4.79 Å². The van der Waals surface area contributed by atoms with Crippen molar-refractivity contribution in [1.82, 2.24) is 14.7 Å². The van der Waals surface area contributed by atoms with Crippen LogP contribution >= 0.6 is 0 Å². The van der Waals surface area contributed by atoms with E-state index in [4.69, 9.17) is 0 Å². The first-order valence-electron chi connectivity index (χ1n) is 9.20. The van der Waals surface area contributed by atoms with E-state index < -0.39 is 0 Å². The van der Waals surface area contributed by atoms with E-state index in [0.717, 1.165) is 31.8 Å². The van der Waals surface area contributed by atoms with Crippen molar-refractivity contribution in [2.24, 2.45) is 5.92 Å². The highest BCUT2D eigenvalue weighted by molar-refractivity contribution is 5.95. The maximum absolute atomic E-state index is 14.0. The number of halogens is 1. The second-order valence-electron chi connectivity index (χ2n) is 6.88. The van der Waals surface area contributed by atoms with Gasteiger partial charge in [-0.2, -0.15) is 5.10 Å². The number of para-hydroxylation sites is 1. The zero-order valence-corrected chi connectivity index (χ0v) is 15.0. The van der Waals surface area contributed by atoms with E-state index in [1.807, 2.05) is 11.8 Å². The van der Waals surface area contributed by atoms with Crippen LogP contribution in [0.15, 0.2) is 30.5 Å². The van der Waals surface area contributed by atoms with Crippen LogP contribution < -0.4 is 0 Å². The number of nitrogens with zero attached hydrogens (tertiary/aromatic N) is 3. The fraction of sp³-hybridized carbons (Fsp3) is 0.500. The molecule has 2 aromatic rings. The van der Waals surface area contributed by atoms with Crippen molar-refractivity contribution in [3.63, 3.8) is 0 Å². The van der Waals surface area contributed by atoms with Crippen molar-refractivity contribution in [3.8, 4) is 5.69 Å². The molecule has 1 atom stereocenters. The van der Waals surface area contributed by atoms with Gasteiger partial charge in [0.1, 0.15) is 11.5 Å². The molecule has 1 saturated heterocycles. The van der Waals surface area contributed by atoms with E-state index in [0.29, 0.717) is 16.9 Å². The summed E-state index contributed by atoms with van der Waals surface area (Å²) in [5.41, 5.74) is 1.62. The van der Waals surface area contributed by atoms with Crippen LogP contribution in [0.2, 0.25) is 0 Å². The first-order valence-corrected chi connectivity index (χ1v) is 9.20. The smallest absolute Gasteiger partial charge is 0.257 e. The molecule has 0 bridgehead atoms. The van der Waals surface area contributed by atoms with Gasteiger partial charge in [0.2, 0.25) is 0 Å². The molecule has 1 aliphatic rings. The number of carbonyl (C=O) groups is 1. The Balaban J connectivity index is 1.78. The number of likely N-dealkylation sites (tertiary alicyclic amines) is 1.